The molecule has 0 amide bonds. The zero-order chi connectivity index (χ0) is 15.0. The first-order valence-corrected chi connectivity index (χ1v) is 7.53. The molecular formula is C15H29NO4. The van der Waals surface area contributed by atoms with Crippen LogP contribution < -0.4 is 5.32 Å². The van der Waals surface area contributed by atoms with E-state index >= 15 is 0 Å². The number of rotatable bonds is 9. The zero-order valence-electron chi connectivity index (χ0n) is 13.2. The molecule has 0 bridgehead atoms. The van der Waals surface area contributed by atoms with Crippen molar-refractivity contribution in [3.8, 4) is 0 Å². The molecule has 0 radical (unpaired) electrons. The van der Waals surface area contributed by atoms with Gasteiger partial charge in [0, 0.05) is 6.61 Å². The van der Waals surface area contributed by atoms with Crippen LogP contribution in [0, 0.1) is 5.92 Å². The lowest BCUT2D eigenvalue weighted by atomic mass is 9.85. The first kappa shape index (κ1) is 17.4. The average molecular weight is 287 g/mol. The third kappa shape index (κ3) is 4.43. The SMILES string of the molecule is CNC1(C(=O)OC)CCCC1CCOCCOC(C)C. The monoisotopic (exact) mass is 287 g/mol. The number of esters is 1. The van der Waals surface area contributed by atoms with Gasteiger partial charge in [0.15, 0.2) is 0 Å². The van der Waals surface area contributed by atoms with Gasteiger partial charge in [-0.05, 0) is 46.1 Å². The third-order valence-corrected chi connectivity index (χ3v) is 4.11. The minimum atomic E-state index is -0.521. The van der Waals surface area contributed by atoms with Crippen molar-refractivity contribution in [3.63, 3.8) is 0 Å². The minimum Gasteiger partial charge on any atom is -0.468 e. The molecule has 0 saturated heterocycles. The van der Waals surface area contributed by atoms with E-state index in [4.69, 9.17) is 14.2 Å². The van der Waals surface area contributed by atoms with Crippen molar-refractivity contribution in [1.29, 1.82) is 0 Å². The van der Waals surface area contributed by atoms with Crippen LogP contribution in [0.3, 0.4) is 0 Å². The van der Waals surface area contributed by atoms with Gasteiger partial charge < -0.3 is 19.5 Å². The second kappa shape index (κ2) is 8.60. The summed E-state index contributed by atoms with van der Waals surface area (Å²) in [6, 6.07) is 0. The van der Waals surface area contributed by atoms with Crippen molar-refractivity contribution in [3.05, 3.63) is 0 Å². The second-order valence-corrected chi connectivity index (χ2v) is 5.62. The Morgan fingerprint density at radius 1 is 1.35 bits per heavy atom. The molecule has 2 unspecified atom stereocenters. The van der Waals surface area contributed by atoms with E-state index in [0.29, 0.717) is 19.8 Å². The Balaban J connectivity index is 2.33. The Morgan fingerprint density at radius 2 is 2.10 bits per heavy atom. The predicted molar refractivity (Wildman–Crippen MR) is 77.7 cm³/mol. The summed E-state index contributed by atoms with van der Waals surface area (Å²) in [7, 11) is 3.29. The quantitative estimate of drug-likeness (QED) is 0.517. The van der Waals surface area contributed by atoms with Crippen LogP contribution in [0.4, 0.5) is 0 Å². The second-order valence-electron chi connectivity index (χ2n) is 5.62. The Morgan fingerprint density at radius 3 is 2.70 bits per heavy atom. The fraction of sp³-hybridized carbons (Fsp3) is 0.933. The van der Waals surface area contributed by atoms with E-state index in [1.165, 1.54) is 7.11 Å². The molecule has 1 aliphatic rings. The minimum absolute atomic E-state index is 0.148. The Labute approximate surface area is 122 Å². The normalized spacial score (nSPS) is 26.1. The lowest BCUT2D eigenvalue weighted by Gasteiger charge is -2.32. The molecule has 1 fully saturated rings. The van der Waals surface area contributed by atoms with E-state index in [9.17, 15) is 4.79 Å². The van der Waals surface area contributed by atoms with Crippen molar-refractivity contribution in [2.24, 2.45) is 5.92 Å². The molecule has 20 heavy (non-hydrogen) atoms. The molecule has 0 aromatic carbocycles. The van der Waals surface area contributed by atoms with Gasteiger partial charge in [-0.15, -0.1) is 0 Å². The summed E-state index contributed by atoms with van der Waals surface area (Å²) in [5.41, 5.74) is -0.521. The van der Waals surface area contributed by atoms with Crippen molar-refractivity contribution in [2.75, 3.05) is 34.0 Å². The van der Waals surface area contributed by atoms with Crippen LogP contribution in [-0.4, -0.2) is 51.6 Å². The molecule has 118 valence electrons. The Hall–Kier alpha value is -0.650. The maximum absolute atomic E-state index is 12.0. The molecule has 5 nitrogen and oxygen atoms in total. The molecule has 0 spiro atoms. The number of methoxy groups -OCH3 is 1. The fourth-order valence-corrected chi connectivity index (χ4v) is 3.02. The van der Waals surface area contributed by atoms with E-state index in [-0.39, 0.29) is 18.0 Å². The van der Waals surface area contributed by atoms with Gasteiger partial charge in [-0.25, -0.2) is 0 Å². The number of hydrogen-bond acceptors (Lipinski definition) is 5. The smallest absolute Gasteiger partial charge is 0.326 e. The number of likely N-dealkylation sites (N-methyl/N-ethyl adjacent to an activating group) is 1. The number of hydrogen-bond donors (Lipinski definition) is 1. The predicted octanol–water partition coefficient (Wildman–Crippen LogP) is 1.75. The summed E-state index contributed by atoms with van der Waals surface area (Å²) in [5.74, 6) is 0.136. The molecule has 1 rings (SSSR count). The number of carbonyl (C=O) groups is 1. The first-order valence-electron chi connectivity index (χ1n) is 7.53. The van der Waals surface area contributed by atoms with Gasteiger partial charge in [0.2, 0.25) is 0 Å². The van der Waals surface area contributed by atoms with Crippen LogP contribution in [0.15, 0.2) is 0 Å². The molecular weight excluding hydrogens is 258 g/mol. The van der Waals surface area contributed by atoms with Gasteiger partial charge >= 0.3 is 5.97 Å². The van der Waals surface area contributed by atoms with E-state index in [1.54, 1.807) is 0 Å². The Bertz CT molecular complexity index is 296. The van der Waals surface area contributed by atoms with E-state index in [0.717, 1.165) is 25.7 Å². The highest BCUT2D eigenvalue weighted by atomic mass is 16.5. The molecule has 0 aromatic heterocycles. The summed E-state index contributed by atoms with van der Waals surface area (Å²) in [5, 5.41) is 3.19. The van der Waals surface area contributed by atoms with Gasteiger partial charge in [0.05, 0.1) is 26.4 Å². The highest BCUT2D eigenvalue weighted by molar-refractivity contribution is 5.81. The largest absolute Gasteiger partial charge is 0.468 e. The first-order chi connectivity index (χ1) is 9.56. The van der Waals surface area contributed by atoms with Gasteiger partial charge in [-0.2, -0.15) is 0 Å². The van der Waals surface area contributed by atoms with Crippen LogP contribution in [-0.2, 0) is 19.0 Å². The molecule has 1 aliphatic carbocycles. The van der Waals surface area contributed by atoms with E-state index in [1.807, 2.05) is 20.9 Å². The highest BCUT2D eigenvalue weighted by Gasteiger charge is 2.48. The van der Waals surface area contributed by atoms with E-state index in [2.05, 4.69) is 5.32 Å². The molecule has 0 aliphatic heterocycles. The summed E-state index contributed by atoms with van der Waals surface area (Å²) < 4.78 is 16.0. The van der Waals surface area contributed by atoms with Gasteiger partial charge in [-0.3, -0.25) is 4.79 Å². The summed E-state index contributed by atoms with van der Waals surface area (Å²) in [4.78, 5) is 12.0. The highest BCUT2D eigenvalue weighted by Crippen LogP contribution is 2.38. The summed E-state index contributed by atoms with van der Waals surface area (Å²) in [6.45, 7) is 5.91. The van der Waals surface area contributed by atoms with Gasteiger partial charge in [0.1, 0.15) is 5.54 Å². The maximum Gasteiger partial charge on any atom is 0.326 e. The molecule has 2 atom stereocenters. The van der Waals surface area contributed by atoms with Gasteiger partial charge in [0.25, 0.3) is 0 Å². The fourth-order valence-electron chi connectivity index (χ4n) is 3.02. The van der Waals surface area contributed by atoms with Crippen molar-refractivity contribution >= 4 is 5.97 Å². The number of carbonyl (C=O) groups excluding carboxylic acids is 1. The Kier molecular flexibility index (Phi) is 7.48. The average Bonchev–Trinajstić information content (AvgIpc) is 2.85. The zero-order valence-corrected chi connectivity index (χ0v) is 13.2. The lowest BCUT2D eigenvalue weighted by molar-refractivity contribution is -0.150. The molecule has 1 N–H and O–H groups in total. The van der Waals surface area contributed by atoms with Crippen molar-refractivity contribution < 1.29 is 19.0 Å². The van der Waals surface area contributed by atoms with Crippen LogP contribution in [0.2, 0.25) is 0 Å². The molecule has 1 saturated carbocycles. The van der Waals surface area contributed by atoms with Crippen LogP contribution in [0.25, 0.3) is 0 Å². The molecule has 0 aromatic rings. The molecule has 0 heterocycles. The maximum atomic E-state index is 12.0. The third-order valence-electron chi connectivity index (χ3n) is 4.11. The van der Waals surface area contributed by atoms with Crippen LogP contribution in [0.5, 0.6) is 0 Å². The molecule has 5 heteroatoms. The topological polar surface area (TPSA) is 56.8 Å². The lowest BCUT2D eigenvalue weighted by Crippen LogP contribution is -2.54. The number of ether oxygens (including phenoxy) is 3. The number of nitrogens with one attached hydrogen (secondary N) is 1. The summed E-state index contributed by atoms with van der Waals surface area (Å²) in [6.07, 6.45) is 4.05. The summed E-state index contributed by atoms with van der Waals surface area (Å²) >= 11 is 0. The standard InChI is InChI=1S/C15H29NO4/c1-12(2)20-11-10-19-9-7-13-6-5-8-15(13,16-3)14(17)18-4/h12-13,16H,5-11H2,1-4H3. The van der Waals surface area contributed by atoms with Crippen LogP contribution in [0.1, 0.15) is 39.5 Å². The van der Waals surface area contributed by atoms with Crippen molar-refractivity contribution in [2.45, 2.75) is 51.2 Å². The van der Waals surface area contributed by atoms with Crippen LogP contribution >= 0.6 is 0 Å². The van der Waals surface area contributed by atoms with Gasteiger partial charge in [-0.1, -0.05) is 6.42 Å². The van der Waals surface area contributed by atoms with Crippen molar-refractivity contribution in [1.82, 2.24) is 5.32 Å². The van der Waals surface area contributed by atoms with E-state index < -0.39 is 5.54 Å².